The molecule has 0 spiro atoms. The highest BCUT2D eigenvalue weighted by atomic mass is 127. The number of benzene rings is 1. The van der Waals surface area contributed by atoms with Crippen molar-refractivity contribution in [2.24, 2.45) is 4.99 Å². The van der Waals surface area contributed by atoms with Crippen LogP contribution in [0, 0.1) is 0 Å². The highest BCUT2D eigenvalue weighted by Crippen LogP contribution is 2.18. The van der Waals surface area contributed by atoms with E-state index in [0.29, 0.717) is 19.0 Å². The van der Waals surface area contributed by atoms with Gasteiger partial charge in [0.25, 0.3) is 0 Å². The number of aliphatic imine (C=N–C) groups is 1. The van der Waals surface area contributed by atoms with E-state index in [9.17, 15) is 18.0 Å². The summed E-state index contributed by atoms with van der Waals surface area (Å²) in [5, 5.41) is 5.96. The van der Waals surface area contributed by atoms with E-state index in [-0.39, 0.29) is 42.1 Å². The molecule has 1 rings (SSSR count). The van der Waals surface area contributed by atoms with Gasteiger partial charge in [0, 0.05) is 20.1 Å². The molecule has 0 radical (unpaired) electrons. The number of rotatable bonds is 7. The zero-order valence-electron chi connectivity index (χ0n) is 13.9. The third-order valence-corrected chi connectivity index (χ3v) is 2.86. The van der Waals surface area contributed by atoms with Crippen LogP contribution < -0.4 is 15.4 Å². The van der Waals surface area contributed by atoms with E-state index in [1.807, 2.05) is 0 Å². The van der Waals surface area contributed by atoms with Gasteiger partial charge in [0.05, 0.1) is 13.5 Å². The van der Waals surface area contributed by atoms with E-state index in [1.165, 1.54) is 19.2 Å². The van der Waals surface area contributed by atoms with E-state index >= 15 is 0 Å². The minimum Gasteiger partial charge on any atom is -0.484 e. The third-order valence-electron chi connectivity index (χ3n) is 2.86. The number of esters is 1. The Labute approximate surface area is 161 Å². The average molecular weight is 475 g/mol. The number of halogens is 4. The molecule has 0 amide bonds. The number of ether oxygens (including phenoxy) is 2. The molecule has 6 nitrogen and oxygen atoms in total. The molecule has 2 N–H and O–H groups in total. The first kappa shape index (κ1) is 23.3. The maximum atomic E-state index is 12.1. The number of alkyl halides is 3. The van der Waals surface area contributed by atoms with Crippen LogP contribution in [0.1, 0.15) is 12.0 Å². The Hall–Kier alpha value is -1.72. The molecule has 0 heterocycles. The lowest BCUT2D eigenvalue weighted by Crippen LogP contribution is -2.37. The van der Waals surface area contributed by atoms with Gasteiger partial charge < -0.3 is 20.1 Å². The maximum absolute atomic E-state index is 12.1. The predicted molar refractivity (Wildman–Crippen MR) is 98.2 cm³/mol. The molecule has 0 atom stereocenters. The molecule has 0 aromatic heterocycles. The van der Waals surface area contributed by atoms with Crippen LogP contribution in [0.4, 0.5) is 13.2 Å². The van der Waals surface area contributed by atoms with E-state index in [4.69, 9.17) is 0 Å². The zero-order valence-corrected chi connectivity index (χ0v) is 16.2. The summed E-state index contributed by atoms with van der Waals surface area (Å²) >= 11 is 0. The summed E-state index contributed by atoms with van der Waals surface area (Å²) in [6.45, 7) is -0.532. The summed E-state index contributed by atoms with van der Waals surface area (Å²) < 4.78 is 45.3. The van der Waals surface area contributed by atoms with Crippen molar-refractivity contribution in [2.45, 2.75) is 19.1 Å². The van der Waals surface area contributed by atoms with E-state index in [0.717, 1.165) is 5.56 Å². The molecular weight excluding hydrogens is 454 g/mol. The molecule has 10 heteroatoms. The monoisotopic (exact) mass is 475 g/mol. The predicted octanol–water partition coefficient (Wildman–Crippen LogP) is 2.47. The van der Waals surface area contributed by atoms with Gasteiger partial charge in [-0.25, -0.2) is 0 Å². The Kier molecular flexibility index (Phi) is 11.0. The Bertz CT molecular complexity index is 551. The third kappa shape index (κ3) is 10.7. The Morgan fingerprint density at radius 1 is 1.20 bits per heavy atom. The second-order valence-electron chi connectivity index (χ2n) is 4.73. The van der Waals surface area contributed by atoms with Gasteiger partial charge in [-0.15, -0.1) is 24.0 Å². The molecule has 0 aliphatic heterocycles. The fourth-order valence-corrected chi connectivity index (χ4v) is 1.66. The quantitative estimate of drug-likeness (QED) is 0.275. The standard InChI is InChI=1S/C15H20F3N3O3.HI/c1-19-14(20-8-7-13(22)23-2)21-9-11-3-5-12(6-4-11)24-10-15(16,17)18;/h3-6H,7-10H2,1-2H3,(H2,19,20,21);1H. The summed E-state index contributed by atoms with van der Waals surface area (Å²) in [7, 11) is 2.90. The summed E-state index contributed by atoms with van der Waals surface area (Å²) in [6, 6.07) is 6.24. The van der Waals surface area contributed by atoms with Crippen LogP contribution in [-0.4, -0.2) is 45.4 Å². The van der Waals surface area contributed by atoms with E-state index in [1.54, 1.807) is 19.2 Å². The fourth-order valence-electron chi connectivity index (χ4n) is 1.66. The van der Waals surface area contributed by atoms with Crippen molar-refractivity contribution in [3.8, 4) is 5.75 Å². The first-order valence-corrected chi connectivity index (χ1v) is 7.14. The van der Waals surface area contributed by atoms with Gasteiger partial charge in [-0.3, -0.25) is 9.79 Å². The van der Waals surface area contributed by atoms with Gasteiger partial charge in [0.15, 0.2) is 12.6 Å². The van der Waals surface area contributed by atoms with Crippen molar-refractivity contribution in [1.29, 1.82) is 0 Å². The van der Waals surface area contributed by atoms with Crippen molar-refractivity contribution < 1.29 is 27.4 Å². The smallest absolute Gasteiger partial charge is 0.422 e. The van der Waals surface area contributed by atoms with Crippen LogP contribution in [0.15, 0.2) is 29.3 Å². The molecule has 0 saturated carbocycles. The Morgan fingerprint density at radius 2 is 1.84 bits per heavy atom. The number of hydrogen-bond donors (Lipinski definition) is 2. The Morgan fingerprint density at radius 3 is 2.36 bits per heavy atom. The zero-order chi connectivity index (χ0) is 18.0. The number of nitrogens with one attached hydrogen (secondary N) is 2. The number of carbonyl (C=O) groups excluding carboxylic acids is 1. The van der Waals surface area contributed by atoms with Crippen LogP contribution in [-0.2, 0) is 16.1 Å². The van der Waals surface area contributed by atoms with Crippen molar-refractivity contribution in [3.63, 3.8) is 0 Å². The summed E-state index contributed by atoms with van der Waals surface area (Å²) in [6.07, 6.45) is -4.15. The summed E-state index contributed by atoms with van der Waals surface area (Å²) in [5.74, 6) is 0.320. The molecule has 142 valence electrons. The van der Waals surface area contributed by atoms with Gasteiger partial charge in [-0.2, -0.15) is 13.2 Å². The van der Waals surface area contributed by atoms with Crippen LogP contribution in [0.25, 0.3) is 0 Å². The van der Waals surface area contributed by atoms with Gasteiger partial charge in [0.2, 0.25) is 0 Å². The van der Waals surface area contributed by atoms with Gasteiger partial charge >= 0.3 is 12.1 Å². The lowest BCUT2D eigenvalue weighted by molar-refractivity contribution is -0.153. The lowest BCUT2D eigenvalue weighted by Gasteiger charge is -2.12. The average Bonchev–Trinajstić information content (AvgIpc) is 2.56. The number of guanidine groups is 1. The summed E-state index contributed by atoms with van der Waals surface area (Å²) in [5.41, 5.74) is 0.838. The lowest BCUT2D eigenvalue weighted by atomic mass is 10.2. The van der Waals surface area contributed by atoms with E-state index in [2.05, 4.69) is 25.1 Å². The number of methoxy groups -OCH3 is 1. The SMILES string of the molecule is CN=C(NCCC(=O)OC)NCc1ccc(OCC(F)(F)F)cc1.I. The van der Waals surface area contributed by atoms with Crippen LogP contribution >= 0.6 is 24.0 Å². The van der Waals surface area contributed by atoms with Gasteiger partial charge in [0.1, 0.15) is 5.75 Å². The van der Waals surface area contributed by atoms with Crippen molar-refractivity contribution in [2.75, 3.05) is 27.3 Å². The van der Waals surface area contributed by atoms with Crippen LogP contribution in [0.5, 0.6) is 5.75 Å². The molecule has 25 heavy (non-hydrogen) atoms. The molecule has 0 aliphatic carbocycles. The fraction of sp³-hybridized carbons (Fsp3) is 0.467. The number of hydrogen-bond acceptors (Lipinski definition) is 4. The highest BCUT2D eigenvalue weighted by Gasteiger charge is 2.28. The molecule has 1 aromatic rings. The first-order chi connectivity index (χ1) is 11.3. The molecule has 0 bridgehead atoms. The second kappa shape index (κ2) is 11.8. The largest absolute Gasteiger partial charge is 0.484 e. The van der Waals surface area contributed by atoms with Crippen LogP contribution in [0.3, 0.4) is 0 Å². The van der Waals surface area contributed by atoms with Crippen molar-refractivity contribution >= 4 is 35.9 Å². The second-order valence-corrected chi connectivity index (χ2v) is 4.73. The number of carbonyl (C=O) groups is 1. The molecule has 0 fully saturated rings. The first-order valence-electron chi connectivity index (χ1n) is 7.14. The van der Waals surface area contributed by atoms with Crippen molar-refractivity contribution in [1.82, 2.24) is 10.6 Å². The van der Waals surface area contributed by atoms with Crippen LogP contribution in [0.2, 0.25) is 0 Å². The molecule has 1 aromatic carbocycles. The van der Waals surface area contributed by atoms with Crippen molar-refractivity contribution in [3.05, 3.63) is 29.8 Å². The normalized spacial score (nSPS) is 11.3. The molecular formula is C15H21F3IN3O3. The Balaban J connectivity index is 0.00000576. The van der Waals surface area contributed by atoms with Gasteiger partial charge in [-0.1, -0.05) is 12.1 Å². The van der Waals surface area contributed by atoms with E-state index < -0.39 is 12.8 Å². The summed E-state index contributed by atoms with van der Waals surface area (Å²) in [4.78, 5) is 15.0. The topological polar surface area (TPSA) is 72.0 Å². The minimum absolute atomic E-state index is 0. The highest BCUT2D eigenvalue weighted by molar-refractivity contribution is 14.0. The molecule has 0 unspecified atom stereocenters. The van der Waals surface area contributed by atoms with Gasteiger partial charge in [-0.05, 0) is 17.7 Å². The maximum Gasteiger partial charge on any atom is 0.422 e. The molecule has 0 aliphatic rings. The minimum atomic E-state index is -4.36. The molecule has 0 saturated heterocycles. The number of nitrogens with zero attached hydrogens (tertiary/aromatic N) is 1.